The fourth-order valence-electron chi connectivity index (χ4n) is 1.77. The molecule has 0 amide bonds. The Labute approximate surface area is 111 Å². The van der Waals surface area contributed by atoms with Crippen LogP contribution in [0.5, 0.6) is 0 Å². The summed E-state index contributed by atoms with van der Waals surface area (Å²) in [5.74, 6) is 0.424. The highest BCUT2D eigenvalue weighted by Gasteiger charge is 2.14. The number of halogens is 1. The number of benzene rings is 1. The van der Waals surface area contributed by atoms with Gasteiger partial charge in [0.25, 0.3) is 0 Å². The summed E-state index contributed by atoms with van der Waals surface area (Å²) in [6.07, 6.45) is 1.50. The number of hydrogen-bond donors (Lipinski definition) is 0. The van der Waals surface area contributed by atoms with Crippen LogP contribution >= 0.6 is 11.6 Å². The van der Waals surface area contributed by atoms with E-state index in [0.717, 1.165) is 24.1 Å². The molecule has 1 aromatic heterocycles. The predicted molar refractivity (Wildman–Crippen MR) is 70.3 cm³/mol. The molecule has 0 aliphatic rings. The first kappa shape index (κ1) is 12.8. The van der Waals surface area contributed by atoms with Crippen molar-refractivity contribution >= 4 is 17.9 Å². The number of rotatable bonds is 4. The maximum atomic E-state index is 11.0. The van der Waals surface area contributed by atoms with Crippen molar-refractivity contribution < 1.29 is 4.79 Å². The van der Waals surface area contributed by atoms with Gasteiger partial charge in [-0.3, -0.25) is 4.79 Å². The van der Waals surface area contributed by atoms with Crippen LogP contribution < -0.4 is 0 Å². The fourth-order valence-corrected chi connectivity index (χ4v) is 1.90. The Balaban J connectivity index is 2.46. The molecule has 2 rings (SSSR count). The van der Waals surface area contributed by atoms with E-state index in [1.54, 1.807) is 16.8 Å². The lowest BCUT2D eigenvalue weighted by Gasteiger charge is -2.08. The van der Waals surface area contributed by atoms with E-state index in [1.165, 1.54) is 0 Å². The van der Waals surface area contributed by atoms with Gasteiger partial charge < -0.3 is 0 Å². The van der Waals surface area contributed by atoms with Crippen molar-refractivity contribution in [2.24, 2.45) is 5.92 Å². The largest absolute Gasteiger partial charge is 0.296 e. The van der Waals surface area contributed by atoms with Gasteiger partial charge in [0.2, 0.25) is 0 Å². The highest BCUT2D eigenvalue weighted by molar-refractivity contribution is 6.30. The lowest BCUT2D eigenvalue weighted by molar-refractivity contribution is 0.111. The Kier molecular flexibility index (Phi) is 3.77. The monoisotopic (exact) mass is 263 g/mol. The number of hydrogen-bond acceptors (Lipinski definition) is 3. The second-order valence-electron chi connectivity index (χ2n) is 4.53. The second kappa shape index (κ2) is 5.31. The molecule has 0 aliphatic heterocycles. The van der Waals surface area contributed by atoms with E-state index in [0.29, 0.717) is 16.6 Å². The molecule has 94 valence electrons. The average molecular weight is 264 g/mol. The van der Waals surface area contributed by atoms with Gasteiger partial charge in [-0.15, -0.1) is 5.10 Å². The van der Waals surface area contributed by atoms with E-state index >= 15 is 0 Å². The van der Waals surface area contributed by atoms with Gasteiger partial charge in [0.1, 0.15) is 5.69 Å². The lowest BCUT2D eigenvalue weighted by atomic mass is 10.1. The molecule has 0 fully saturated rings. The molecule has 1 heterocycles. The molecule has 0 saturated carbocycles. The first-order valence-corrected chi connectivity index (χ1v) is 6.15. The smallest absolute Gasteiger partial charge is 0.172 e. The van der Waals surface area contributed by atoms with Crippen molar-refractivity contribution in [2.75, 3.05) is 0 Å². The molecule has 0 radical (unpaired) electrons. The van der Waals surface area contributed by atoms with Crippen molar-refractivity contribution in [1.29, 1.82) is 0 Å². The molecule has 18 heavy (non-hydrogen) atoms. The zero-order valence-electron chi connectivity index (χ0n) is 10.3. The molecule has 4 nitrogen and oxygen atoms in total. The van der Waals surface area contributed by atoms with Gasteiger partial charge in [-0.05, 0) is 36.6 Å². The van der Waals surface area contributed by atoms with Gasteiger partial charge in [-0.25, -0.2) is 4.68 Å². The Morgan fingerprint density at radius 3 is 2.56 bits per heavy atom. The highest BCUT2D eigenvalue weighted by Crippen LogP contribution is 2.17. The molecule has 0 atom stereocenters. The molecular formula is C13H14ClN3O. The van der Waals surface area contributed by atoms with Crippen LogP contribution in [0.1, 0.15) is 30.0 Å². The second-order valence-corrected chi connectivity index (χ2v) is 4.96. The minimum Gasteiger partial charge on any atom is -0.296 e. The Hall–Kier alpha value is -1.68. The Bertz CT molecular complexity index is 546. The standard InChI is InChI=1S/C13H14ClN3O/c1-9(2)7-13-12(8-18)15-16-17(13)11-5-3-10(14)4-6-11/h3-6,8-9H,7H2,1-2H3. The van der Waals surface area contributed by atoms with Crippen LogP contribution in [-0.4, -0.2) is 21.3 Å². The number of aromatic nitrogens is 3. The number of carbonyl (C=O) groups is 1. The summed E-state index contributed by atoms with van der Waals surface area (Å²) >= 11 is 5.85. The topological polar surface area (TPSA) is 47.8 Å². The third kappa shape index (κ3) is 2.59. The number of aldehydes is 1. The van der Waals surface area contributed by atoms with Crippen molar-refractivity contribution in [3.63, 3.8) is 0 Å². The molecule has 0 spiro atoms. The van der Waals surface area contributed by atoms with E-state index in [2.05, 4.69) is 24.2 Å². The van der Waals surface area contributed by atoms with E-state index in [-0.39, 0.29) is 0 Å². The summed E-state index contributed by atoms with van der Waals surface area (Å²) in [6, 6.07) is 7.29. The minimum absolute atomic E-state index is 0.402. The van der Waals surface area contributed by atoms with Crippen LogP contribution in [0.4, 0.5) is 0 Å². The molecule has 2 aromatic rings. The van der Waals surface area contributed by atoms with Crippen LogP contribution in [0.25, 0.3) is 5.69 Å². The maximum absolute atomic E-state index is 11.0. The van der Waals surface area contributed by atoms with Gasteiger partial charge in [0, 0.05) is 5.02 Å². The van der Waals surface area contributed by atoms with Crippen LogP contribution in [-0.2, 0) is 6.42 Å². The van der Waals surface area contributed by atoms with Gasteiger partial charge in [0.05, 0.1) is 11.4 Å². The zero-order chi connectivity index (χ0) is 13.1. The highest BCUT2D eigenvalue weighted by atomic mass is 35.5. The van der Waals surface area contributed by atoms with E-state index in [1.807, 2.05) is 12.1 Å². The van der Waals surface area contributed by atoms with Crippen LogP contribution in [0.15, 0.2) is 24.3 Å². The Morgan fingerprint density at radius 2 is 2.00 bits per heavy atom. The van der Waals surface area contributed by atoms with Crippen molar-refractivity contribution in [1.82, 2.24) is 15.0 Å². The minimum atomic E-state index is 0.402. The molecule has 0 aliphatic carbocycles. The molecule has 0 N–H and O–H groups in total. The SMILES string of the molecule is CC(C)Cc1c(C=O)nnn1-c1ccc(Cl)cc1. The first-order chi connectivity index (χ1) is 8.61. The van der Waals surface area contributed by atoms with Crippen molar-refractivity contribution in [2.45, 2.75) is 20.3 Å². The van der Waals surface area contributed by atoms with Crippen LogP contribution in [0.3, 0.4) is 0 Å². The van der Waals surface area contributed by atoms with E-state index < -0.39 is 0 Å². The number of nitrogens with zero attached hydrogens (tertiary/aromatic N) is 3. The summed E-state index contributed by atoms with van der Waals surface area (Å²) in [5, 5.41) is 8.60. The summed E-state index contributed by atoms with van der Waals surface area (Å²) in [5.41, 5.74) is 2.09. The quantitative estimate of drug-likeness (QED) is 0.797. The molecule has 0 unspecified atom stereocenters. The van der Waals surface area contributed by atoms with Crippen LogP contribution in [0, 0.1) is 5.92 Å². The zero-order valence-corrected chi connectivity index (χ0v) is 11.1. The normalized spacial score (nSPS) is 10.9. The number of carbonyl (C=O) groups excluding carboxylic acids is 1. The Morgan fingerprint density at radius 1 is 1.33 bits per heavy atom. The molecule has 5 heteroatoms. The van der Waals surface area contributed by atoms with Crippen molar-refractivity contribution in [3.05, 3.63) is 40.7 Å². The fraction of sp³-hybridized carbons (Fsp3) is 0.308. The summed E-state index contributed by atoms with van der Waals surface area (Å²) in [4.78, 5) is 11.0. The summed E-state index contributed by atoms with van der Waals surface area (Å²) in [7, 11) is 0. The third-order valence-electron chi connectivity index (χ3n) is 2.58. The van der Waals surface area contributed by atoms with Crippen molar-refractivity contribution in [3.8, 4) is 5.69 Å². The van der Waals surface area contributed by atoms with Gasteiger partial charge in [-0.1, -0.05) is 30.7 Å². The lowest BCUT2D eigenvalue weighted by Crippen LogP contribution is -2.07. The van der Waals surface area contributed by atoms with E-state index in [9.17, 15) is 4.79 Å². The molecule has 0 bridgehead atoms. The first-order valence-electron chi connectivity index (χ1n) is 5.77. The van der Waals surface area contributed by atoms with Gasteiger partial charge in [0.15, 0.2) is 6.29 Å². The molecule has 1 aromatic carbocycles. The average Bonchev–Trinajstić information content (AvgIpc) is 2.72. The van der Waals surface area contributed by atoms with Crippen LogP contribution in [0.2, 0.25) is 5.02 Å². The predicted octanol–water partition coefficient (Wildman–Crippen LogP) is 2.93. The van der Waals surface area contributed by atoms with Gasteiger partial charge >= 0.3 is 0 Å². The van der Waals surface area contributed by atoms with E-state index in [4.69, 9.17) is 11.6 Å². The molecule has 0 saturated heterocycles. The molecular weight excluding hydrogens is 250 g/mol. The summed E-state index contributed by atoms with van der Waals surface area (Å²) in [6.45, 7) is 4.18. The maximum Gasteiger partial charge on any atom is 0.172 e. The van der Waals surface area contributed by atoms with Gasteiger partial charge in [-0.2, -0.15) is 0 Å². The summed E-state index contributed by atoms with van der Waals surface area (Å²) < 4.78 is 1.69. The third-order valence-corrected chi connectivity index (χ3v) is 2.83.